The van der Waals surface area contributed by atoms with E-state index in [-0.39, 0.29) is 11.5 Å². The summed E-state index contributed by atoms with van der Waals surface area (Å²) in [4.78, 5) is 0. The Morgan fingerprint density at radius 2 is 1.78 bits per heavy atom. The molecule has 0 fully saturated rings. The Hall–Kier alpha value is -1.52. The Morgan fingerprint density at radius 3 is 2.56 bits per heavy atom. The molecule has 0 heterocycles. The fraction of sp³-hybridized carbons (Fsp3) is 0.143. The third-order valence-electron chi connectivity index (χ3n) is 2.63. The molecule has 0 aliphatic carbocycles. The molecule has 0 amide bonds. The Labute approximate surface area is 114 Å². The van der Waals surface area contributed by atoms with E-state index in [1.54, 1.807) is 12.1 Å². The molecule has 2 rings (SSSR count). The number of rotatable bonds is 4. The summed E-state index contributed by atoms with van der Waals surface area (Å²) in [7, 11) is 0. The van der Waals surface area contributed by atoms with Gasteiger partial charge in [-0.05, 0) is 23.8 Å². The van der Waals surface area contributed by atoms with Crippen LogP contribution in [0.1, 0.15) is 11.1 Å². The van der Waals surface area contributed by atoms with E-state index in [0.29, 0.717) is 18.7 Å². The van der Waals surface area contributed by atoms with Gasteiger partial charge in [-0.3, -0.25) is 0 Å². The third-order valence-corrected chi connectivity index (χ3v) is 3.13. The molecule has 3 nitrogen and oxygen atoms in total. The second-order valence-electron chi connectivity index (χ2n) is 4.02. The van der Waals surface area contributed by atoms with E-state index < -0.39 is 0 Å². The molecular weight excluding hydrogens is 294 g/mol. The molecule has 0 radical (unpaired) electrons. The van der Waals surface area contributed by atoms with Crippen LogP contribution in [0.5, 0.6) is 11.5 Å². The molecule has 4 heteroatoms. The third kappa shape index (κ3) is 3.24. The van der Waals surface area contributed by atoms with Crippen LogP contribution in [0.15, 0.2) is 46.9 Å². The van der Waals surface area contributed by atoms with Crippen molar-refractivity contribution >= 4 is 15.9 Å². The first-order valence-electron chi connectivity index (χ1n) is 5.62. The number of halogens is 1. The Kier molecular flexibility index (Phi) is 4.23. The van der Waals surface area contributed by atoms with E-state index in [9.17, 15) is 10.2 Å². The van der Waals surface area contributed by atoms with Crippen molar-refractivity contribution < 1.29 is 10.2 Å². The maximum Gasteiger partial charge on any atom is 0.161 e. The van der Waals surface area contributed by atoms with Gasteiger partial charge in [0.15, 0.2) is 11.5 Å². The molecule has 3 N–H and O–H groups in total. The van der Waals surface area contributed by atoms with Crippen molar-refractivity contribution in [1.82, 2.24) is 5.32 Å². The Balaban J connectivity index is 1.94. The summed E-state index contributed by atoms with van der Waals surface area (Å²) < 4.78 is 1.04. The van der Waals surface area contributed by atoms with Gasteiger partial charge in [-0.1, -0.05) is 40.2 Å². The van der Waals surface area contributed by atoms with Gasteiger partial charge in [0.25, 0.3) is 0 Å². The van der Waals surface area contributed by atoms with E-state index in [2.05, 4.69) is 21.2 Å². The molecule has 0 atom stereocenters. The van der Waals surface area contributed by atoms with Crippen molar-refractivity contribution in [2.75, 3.05) is 0 Å². The smallest absolute Gasteiger partial charge is 0.161 e. The van der Waals surface area contributed by atoms with Crippen LogP contribution in [-0.4, -0.2) is 10.2 Å². The van der Waals surface area contributed by atoms with E-state index >= 15 is 0 Å². The zero-order chi connectivity index (χ0) is 13.0. The molecule has 0 bridgehead atoms. The van der Waals surface area contributed by atoms with Crippen molar-refractivity contribution in [3.05, 3.63) is 58.1 Å². The highest BCUT2D eigenvalue weighted by Gasteiger charge is 2.04. The van der Waals surface area contributed by atoms with Crippen molar-refractivity contribution in [2.24, 2.45) is 0 Å². The number of phenols is 2. The molecule has 0 aromatic heterocycles. The fourth-order valence-corrected chi connectivity index (χ4v) is 2.16. The first-order chi connectivity index (χ1) is 8.66. The van der Waals surface area contributed by atoms with Gasteiger partial charge in [-0.15, -0.1) is 0 Å². The van der Waals surface area contributed by atoms with Crippen LogP contribution in [0.25, 0.3) is 0 Å². The van der Waals surface area contributed by atoms with Crippen LogP contribution in [-0.2, 0) is 13.1 Å². The minimum absolute atomic E-state index is 0.0563. The first kappa shape index (κ1) is 12.9. The summed E-state index contributed by atoms with van der Waals surface area (Å²) in [6, 6.07) is 13.0. The minimum Gasteiger partial charge on any atom is -0.504 e. The predicted octanol–water partition coefficient (Wildman–Crippen LogP) is 3.15. The summed E-state index contributed by atoms with van der Waals surface area (Å²) in [6.45, 7) is 1.21. The second kappa shape index (κ2) is 5.89. The highest BCUT2D eigenvalue weighted by atomic mass is 79.9. The van der Waals surface area contributed by atoms with Crippen LogP contribution < -0.4 is 5.32 Å². The van der Waals surface area contributed by atoms with Gasteiger partial charge < -0.3 is 15.5 Å². The van der Waals surface area contributed by atoms with Gasteiger partial charge >= 0.3 is 0 Å². The maximum absolute atomic E-state index is 9.64. The number of phenolic OH excluding ortho intramolecular Hbond substituents is 2. The number of hydrogen-bond donors (Lipinski definition) is 3. The number of nitrogens with one attached hydrogen (secondary N) is 1. The lowest BCUT2D eigenvalue weighted by Crippen LogP contribution is -2.12. The van der Waals surface area contributed by atoms with Crippen LogP contribution in [0.4, 0.5) is 0 Å². The van der Waals surface area contributed by atoms with Crippen LogP contribution in [0, 0.1) is 0 Å². The van der Waals surface area contributed by atoms with Crippen molar-refractivity contribution in [1.29, 1.82) is 0 Å². The van der Waals surface area contributed by atoms with E-state index in [4.69, 9.17) is 0 Å². The highest BCUT2D eigenvalue weighted by molar-refractivity contribution is 9.10. The number of para-hydroxylation sites is 1. The molecule has 18 heavy (non-hydrogen) atoms. The fourth-order valence-electron chi connectivity index (χ4n) is 1.71. The summed E-state index contributed by atoms with van der Waals surface area (Å²) >= 11 is 3.42. The first-order valence-corrected chi connectivity index (χ1v) is 6.41. The van der Waals surface area contributed by atoms with Gasteiger partial charge in [0.05, 0.1) is 0 Å². The van der Waals surface area contributed by atoms with E-state index in [0.717, 1.165) is 10.0 Å². The Morgan fingerprint density at radius 1 is 1.00 bits per heavy atom. The topological polar surface area (TPSA) is 52.5 Å². The molecule has 0 aliphatic rings. The number of benzene rings is 2. The van der Waals surface area contributed by atoms with E-state index in [1.807, 2.05) is 24.3 Å². The predicted molar refractivity (Wildman–Crippen MR) is 74.5 cm³/mol. The molecule has 94 valence electrons. The number of hydrogen-bond acceptors (Lipinski definition) is 3. The molecule has 2 aromatic carbocycles. The molecule has 2 aromatic rings. The minimum atomic E-state index is -0.0863. The van der Waals surface area contributed by atoms with Gasteiger partial charge in [0, 0.05) is 23.1 Å². The van der Waals surface area contributed by atoms with Gasteiger partial charge in [-0.25, -0.2) is 0 Å². The quantitative estimate of drug-likeness (QED) is 0.761. The number of aromatic hydroxyl groups is 2. The Bertz CT molecular complexity index is 543. The van der Waals surface area contributed by atoms with Gasteiger partial charge in [0.1, 0.15) is 0 Å². The standard InChI is InChI=1S/C14H14BrNO2/c15-12-5-1-3-10(7-12)8-16-9-11-4-2-6-13(17)14(11)18/h1-7,16-18H,8-9H2. The molecule has 0 unspecified atom stereocenters. The zero-order valence-corrected chi connectivity index (χ0v) is 11.3. The molecule has 0 aliphatic heterocycles. The maximum atomic E-state index is 9.64. The summed E-state index contributed by atoms with van der Waals surface area (Å²) in [5.41, 5.74) is 1.84. The molecule has 0 saturated carbocycles. The van der Waals surface area contributed by atoms with Crippen LogP contribution in [0.3, 0.4) is 0 Å². The summed E-state index contributed by atoms with van der Waals surface area (Å²) in [6.07, 6.45) is 0. The average Bonchev–Trinajstić information content (AvgIpc) is 2.35. The van der Waals surface area contributed by atoms with E-state index in [1.165, 1.54) is 6.07 Å². The zero-order valence-electron chi connectivity index (χ0n) is 9.73. The normalized spacial score (nSPS) is 10.5. The SMILES string of the molecule is Oc1cccc(CNCc2cccc(Br)c2)c1O. The molecular formula is C14H14BrNO2. The molecule has 0 spiro atoms. The van der Waals surface area contributed by atoms with Crippen molar-refractivity contribution in [3.63, 3.8) is 0 Å². The monoisotopic (exact) mass is 307 g/mol. The van der Waals surface area contributed by atoms with Gasteiger partial charge in [0.2, 0.25) is 0 Å². The summed E-state index contributed by atoms with van der Waals surface area (Å²) in [5, 5.41) is 22.2. The molecule has 0 saturated heterocycles. The largest absolute Gasteiger partial charge is 0.504 e. The van der Waals surface area contributed by atoms with Crippen LogP contribution in [0.2, 0.25) is 0 Å². The van der Waals surface area contributed by atoms with Gasteiger partial charge in [-0.2, -0.15) is 0 Å². The average molecular weight is 308 g/mol. The van der Waals surface area contributed by atoms with Crippen molar-refractivity contribution in [2.45, 2.75) is 13.1 Å². The van der Waals surface area contributed by atoms with Crippen molar-refractivity contribution in [3.8, 4) is 11.5 Å². The summed E-state index contributed by atoms with van der Waals surface area (Å²) in [5.74, 6) is -0.143. The lowest BCUT2D eigenvalue weighted by Gasteiger charge is -2.08. The lowest BCUT2D eigenvalue weighted by atomic mass is 10.1. The lowest BCUT2D eigenvalue weighted by molar-refractivity contribution is 0.397. The van der Waals surface area contributed by atoms with Crippen LogP contribution >= 0.6 is 15.9 Å². The second-order valence-corrected chi connectivity index (χ2v) is 4.93. The highest BCUT2D eigenvalue weighted by Crippen LogP contribution is 2.27.